The summed E-state index contributed by atoms with van der Waals surface area (Å²) in [7, 11) is 0. The molecule has 292 valence electrons. The van der Waals surface area contributed by atoms with E-state index in [-0.39, 0.29) is 28.3 Å². The number of amides is 6. The summed E-state index contributed by atoms with van der Waals surface area (Å²) in [5.74, 6) is -1.67. The highest BCUT2D eigenvalue weighted by Crippen LogP contribution is 2.28. The molecule has 6 aromatic carbocycles. The third-order valence-electron chi connectivity index (χ3n) is 10.3. The van der Waals surface area contributed by atoms with E-state index in [2.05, 4.69) is 10.6 Å². The van der Waals surface area contributed by atoms with E-state index in [1.807, 2.05) is 135 Å². The number of ketones is 1. The number of nitrogens with one attached hydrogen (secondary N) is 2. The second-order valence-electron chi connectivity index (χ2n) is 14.1. The SMILES string of the molecule is C[C@H](NC(=O)N(C(=O)c1ccc(C(=O)c2ccccc2C(=O)N(C(=O)N[C@@H](C)c2ccccc2)[C@@H](C)c2ccccc2)cc1)[C@@H](C)c1ccccc1)c1ccccc1. The van der Waals surface area contributed by atoms with Crippen molar-refractivity contribution in [3.8, 4) is 0 Å². The molecule has 0 saturated heterocycles. The Morgan fingerprint density at radius 1 is 0.379 bits per heavy atom. The maximum Gasteiger partial charge on any atom is 0.325 e. The molecule has 0 radical (unpaired) electrons. The van der Waals surface area contributed by atoms with Gasteiger partial charge in [0.2, 0.25) is 0 Å². The Kier molecular flexibility index (Phi) is 13.0. The molecule has 6 amide bonds. The van der Waals surface area contributed by atoms with E-state index in [9.17, 15) is 24.0 Å². The molecule has 0 aliphatic rings. The van der Waals surface area contributed by atoms with Crippen LogP contribution in [0.25, 0.3) is 0 Å². The van der Waals surface area contributed by atoms with Crippen molar-refractivity contribution in [2.75, 3.05) is 0 Å². The zero-order valence-corrected chi connectivity index (χ0v) is 32.9. The highest BCUT2D eigenvalue weighted by molar-refractivity contribution is 6.17. The van der Waals surface area contributed by atoms with Gasteiger partial charge >= 0.3 is 12.1 Å². The van der Waals surface area contributed by atoms with Crippen molar-refractivity contribution in [3.05, 3.63) is 214 Å². The van der Waals surface area contributed by atoms with E-state index >= 15 is 0 Å². The lowest BCUT2D eigenvalue weighted by atomic mass is 9.96. The minimum Gasteiger partial charge on any atom is -0.331 e. The number of benzene rings is 6. The van der Waals surface area contributed by atoms with Gasteiger partial charge in [-0.3, -0.25) is 24.2 Å². The molecule has 0 aliphatic carbocycles. The van der Waals surface area contributed by atoms with Gasteiger partial charge in [0.1, 0.15) is 0 Å². The number of rotatable bonds is 12. The Labute approximate surface area is 339 Å². The first-order valence-electron chi connectivity index (χ1n) is 19.3. The largest absolute Gasteiger partial charge is 0.331 e. The van der Waals surface area contributed by atoms with Crippen LogP contribution in [-0.2, 0) is 0 Å². The van der Waals surface area contributed by atoms with Gasteiger partial charge in [0.15, 0.2) is 5.78 Å². The van der Waals surface area contributed by atoms with E-state index in [4.69, 9.17) is 0 Å². The van der Waals surface area contributed by atoms with Crippen molar-refractivity contribution >= 4 is 29.7 Å². The minimum atomic E-state index is -0.681. The molecule has 0 aromatic heterocycles. The fourth-order valence-corrected chi connectivity index (χ4v) is 6.86. The Bertz CT molecular complexity index is 2350. The standard InChI is InChI=1S/C49H46N4O5/c1-33(37-19-9-5-10-20-37)50-48(57)52(35(3)39-23-13-7-14-24-39)46(55)42-31-29-41(30-32-42)45(54)43-27-17-18-28-44(43)47(56)53(36(4)40-25-15-8-16-26-40)49(58)51-34(2)38-21-11-6-12-22-38/h5-36H,1-4H3,(H,50,57)(H,51,58)/t33-,34-,35-,36-/m0/s1. The first kappa shape index (κ1) is 40.5. The van der Waals surface area contributed by atoms with E-state index in [1.54, 1.807) is 32.0 Å². The van der Waals surface area contributed by atoms with Crippen LogP contribution in [0, 0.1) is 0 Å². The lowest BCUT2D eigenvalue weighted by molar-refractivity contribution is 0.0735. The average molecular weight is 771 g/mol. The molecule has 9 heteroatoms. The van der Waals surface area contributed by atoms with Gasteiger partial charge < -0.3 is 10.6 Å². The number of carbonyl (C=O) groups is 5. The molecule has 0 saturated carbocycles. The van der Waals surface area contributed by atoms with Crippen molar-refractivity contribution in [2.45, 2.75) is 51.9 Å². The predicted octanol–water partition coefficient (Wildman–Crippen LogP) is 10.3. The molecule has 0 spiro atoms. The summed E-state index contributed by atoms with van der Waals surface area (Å²) in [5, 5.41) is 5.93. The van der Waals surface area contributed by atoms with Gasteiger partial charge in [-0.2, -0.15) is 0 Å². The molecule has 2 N–H and O–H groups in total. The summed E-state index contributed by atoms with van der Waals surface area (Å²) >= 11 is 0. The van der Waals surface area contributed by atoms with Gasteiger partial charge in [0, 0.05) is 16.7 Å². The lowest BCUT2D eigenvalue weighted by Gasteiger charge is -2.30. The molecule has 4 atom stereocenters. The molecule has 0 bridgehead atoms. The summed E-state index contributed by atoms with van der Waals surface area (Å²) in [6.45, 7) is 7.25. The van der Waals surface area contributed by atoms with E-state index in [1.165, 1.54) is 35.2 Å². The van der Waals surface area contributed by atoms with Gasteiger partial charge in [-0.1, -0.05) is 152 Å². The molecule has 0 unspecified atom stereocenters. The fraction of sp³-hybridized carbons (Fsp3) is 0.163. The molecule has 6 aromatic rings. The summed E-state index contributed by atoms with van der Waals surface area (Å²) in [5.41, 5.74) is 3.81. The third-order valence-corrected chi connectivity index (χ3v) is 10.3. The molecule has 0 aliphatic heterocycles. The predicted molar refractivity (Wildman–Crippen MR) is 225 cm³/mol. The number of urea groups is 2. The summed E-state index contributed by atoms with van der Waals surface area (Å²) < 4.78 is 0. The van der Waals surface area contributed by atoms with Crippen molar-refractivity contribution < 1.29 is 24.0 Å². The Morgan fingerprint density at radius 2 is 0.707 bits per heavy atom. The van der Waals surface area contributed by atoms with Gasteiger partial charge in [-0.05, 0) is 68.1 Å². The van der Waals surface area contributed by atoms with Gasteiger partial charge in [0.05, 0.1) is 29.7 Å². The monoisotopic (exact) mass is 770 g/mol. The van der Waals surface area contributed by atoms with Crippen molar-refractivity contribution in [1.29, 1.82) is 0 Å². The number of nitrogens with zero attached hydrogens (tertiary/aromatic N) is 2. The van der Waals surface area contributed by atoms with Crippen LogP contribution in [0.2, 0.25) is 0 Å². The molecular weight excluding hydrogens is 725 g/mol. The lowest BCUT2D eigenvalue weighted by Crippen LogP contribution is -2.46. The zero-order valence-electron chi connectivity index (χ0n) is 32.9. The molecule has 9 nitrogen and oxygen atoms in total. The van der Waals surface area contributed by atoms with Crippen molar-refractivity contribution in [2.24, 2.45) is 0 Å². The van der Waals surface area contributed by atoms with Crippen LogP contribution in [0.15, 0.2) is 170 Å². The van der Waals surface area contributed by atoms with E-state index < -0.39 is 47.8 Å². The first-order chi connectivity index (χ1) is 28.0. The van der Waals surface area contributed by atoms with E-state index in [0.29, 0.717) is 0 Å². The summed E-state index contributed by atoms with van der Waals surface area (Å²) in [6, 6.07) is 46.5. The van der Waals surface area contributed by atoms with Crippen LogP contribution in [0.5, 0.6) is 0 Å². The van der Waals surface area contributed by atoms with Crippen molar-refractivity contribution in [3.63, 3.8) is 0 Å². The highest BCUT2D eigenvalue weighted by Gasteiger charge is 2.33. The minimum absolute atomic E-state index is 0.0463. The van der Waals surface area contributed by atoms with Gasteiger partial charge in [-0.15, -0.1) is 0 Å². The van der Waals surface area contributed by atoms with Crippen LogP contribution >= 0.6 is 0 Å². The Morgan fingerprint density at radius 3 is 1.12 bits per heavy atom. The van der Waals surface area contributed by atoms with Crippen LogP contribution in [0.4, 0.5) is 9.59 Å². The normalized spacial score (nSPS) is 12.9. The number of hydrogen-bond acceptors (Lipinski definition) is 5. The number of hydrogen-bond donors (Lipinski definition) is 2. The third kappa shape index (κ3) is 9.28. The zero-order chi connectivity index (χ0) is 41.2. The topological polar surface area (TPSA) is 116 Å². The number of carbonyl (C=O) groups excluding carboxylic acids is 5. The molecule has 0 heterocycles. The Hall–Kier alpha value is -7.13. The highest BCUT2D eigenvalue weighted by atomic mass is 16.2. The van der Waals surface area contributed by atoms with Crippen LogP contribution in [0.1, 0.15) is 111 Å². The smallest absolute Gasteiger partial charge is 0.325 e. The average Bonchev–Trinajstić information content (AvgIpc) is 3.27. The maximum absolute atomic E-state index is 14.5. The van der Waals surface area contributed by atoms with Gasteiger partial charge in [-0.25, -0.2) is 9.59 Å². The van der Waals surface area contributed by atoms with Crippen molar-refractivity contribution in [1.82, 2.24) is 20.4 Å². The second-order valence-corrected chi connectivity index (χ2v) is 14.1. The summed E-state index contributed by atoms with van der Waals surface area (Å²) in [6.07, 6.45) is 0. The molecular formula is C49H46N4O5. The quantitative estimate of drug-likeness (QED) is 0.120. The summed E-state index contributed by atoms with van der Waals surface area (Å²) in [4.78, 5) is 73.2. The molecule has 58 heavy (non-hydrogen) atoms. The van der Waals surface area contributed by atoms with Gasteiger partial charge in [0.25, 0.3) is 11.8 Å². The van der Waals surface area contributed by atoms with Crippen LogP contribution in [-0.4, -0.2) is 39.5 Å². The molecule has 0 fully saturated rings. The fourth-order valence-electron chi connectivity index (χ4n) is 6.86. The first-order valence-corrected chi connectivity index (χ1v) is 19.3. The van der Waals surface area contributed by atoms with Crippen LogP contribution in [0.3, 0.4) is 0 Å². The Balaban J connectivity index is 1.27. The second kappa shape index (κ2) is 18.7. The maximum atomic E-state index is 14.5. The molecule has 6 rings (SSSR count). The number of imide groups is 2. The van der Waals surface area contributed by atoms with E-state index in [0.717, 1.165) is 27.2 Å². The van der Waals surface area contributed by atoms with Crippen LogP contribution < -0.4 is 10.6 Å².